The van der Waals surface area contributed by atoms with Gasteiger partial charge < -0.3 is 9.80 Å². The highest BCUT2D eigenvalue weighted by Crippen LogP contribution is 2.32. The van der Waals surface area contributed by atoms with Gasteiger partial charge >= 0.3 is 0 Å². The molecule has 31 heavy (non-hydrogen) atoms. The molecular weight excluding hydrogens is 408 g/mol. The van der Waals surface area contributed by atoms with Crippen molar-refractivity contribution in [2.24, 2.45) is 0 Å². The first-order valence-electron chi connectivity index (χ1n) is 10.8. The van der Waals surface area contributed by atoms with Crippen LogP contribution in [0.1, 0.15) is 39.5 Å². The Hall–Kier alpha value is -2.92. The summed E-state index contributed by atoms with van der Waals surface area (Å²) in [4.78, 5) is 26.7. The number of benzene rings is 2. The molecule has 0 saturated carbocycles. The van der Waals surface area contributed by atoms with Gasteiger partial charge in [0.2, 0.25) is 5.95 Å². The molecule has 6 heteroatoms. The summed E-state index contributed by atoms with van der Waals surface area (Å²) in [6.45, 7) is 5.51. The minimum Gasteiger partial charge on any atom is -0.368 e. The number of carbonyl (C=O) groups is 1. The number of ketones is 1. The molecular formula is C25H25ClN4O. The van der Waals surface area contributed by atoms with Gasteiger partial charge in [0.05, 0.1) is 11.3 Å². The number of hydrogen-bond acceptors (Lipinski definition) is 5. The molecule has 1 fully saturated rings. The van der Waals surface area contributed by atoms with Crippen molar-refractivity contribution in [1.29, 1.82) is 0 Å². The molecule has 1 aliphatic heterocycles. The molecule has 2 aliphatic rings. The van der Waals surface area contributed by atoms with Crippen LogP contribution in [0.15, 0.2) is 54.7 Å². The number of anilines is 2. The monoisotopic (exact) mass is 432 g/mol. The van der Waals surface area contributed by atoms with E-state index >= 15 is 0 Å². The number of halogens is 1. The number of piperazine rings is 1. The lowest BCUT2D eigenvalue weighted by molar-refractivity contribution is 0.0962. The lowest BCUT2D eigenvalue weighted by Crippen LogP contribution is -2.47. The maximum absolute atomic E-state index is 12.7. The molecule has 1 aliphatic carbocycles. The van der Waals surface area contributed by atoms with Crippen LogP contribution in [0.2, 0.25) is 5.02 Å². The van der Waals surface area contributed by atoms with E-state index in [9.17, 15) is 4.79 Å². The van der Waals surface area contributed by atoms with Crippen LogP contribution >= 0.6 is 11.6 Å². The summed E-state index contributed by atoms with van der Waals surface area (Å²) in [6.07, 6.45) is 3.04. The van der Waals surface area contributed by atoms with Gasteiger partial charge in [-0.2, -0.15) is 0 Å². The average molecular weight is 433 g/mol. The van der Waals surface area contributed by atoms with Crippen molar-refractivity contribution in [3.05, 3.63) is 82.1 Å². The number of hydrogen-bond donors (Lipinski definition) is 0. The number of carbonyl (C=O) groups excluding carboxylic acids is 1. The van der Waals surface area contributed by atoms with Gasteiger partial charge in [0, 0.05) is 49.5 Å². The lowest BCUT2D eigenvalue weighted by atomic mass is 9.82. The molecule has 0 radical (unpaired) electrons. The van der Waals surface area contributed by atoms with Crippen molar-refractivity contribution in [2.75, 3.05) is 36.0 Å². The van der Waals surface area contributed by atoms with Crippen LogP contribution in [-0.2, 0) is 6.42 Å². The SMILES string of the molecule is Cc1ccc([C@H]2CC(=O)c3cnc(N4CCN(c5cccc(Cl)c5)CC4)nc3C2)cc1. The van der Waals surface area contributed by atoms with Crippen molar-refractivity contribution in [3.63, 3.8) is 0 Å². The molecule has 1 atom stereocenters. The Kier molecular flexibility index (Phi) is 5.36. The molecule has 0 amide bonds. The lowest BCUT2D eigenvalue weighted by Gasteiger charge is -2.36. The van der Waals surface area contributed by atoms with E-state index in [1.807, 2.05) is 18.2 Å². The van der Waals surface area contributed by atoms with E-state index in [1.54, 1.807) is 6.20 Å². The van der Waals surface area contributed by atoms with Gasteiger partial charge in [0.1, 0.15) is 0 Å². The maximum atomic E-state index is 12.7. The first-order chi connectivity index (χ1) is 15.1. The summed E-state index contributed by atoms with van der Waals surface area (Å²) >= 11 is 6.15. The number of Topliss-reactive ketones (excluding diaryl/α,β-unsaturated/α-hetero) is 1. The number of nitrogens with zero attached hydrogens (tertiary/aromatic N) is 4. The summed E-state index contributed by atoms with van der Waals surface area (Å²) in [5.41, 5.74) is 5.14. The fraction of sp³-hybridized carbons (Fsp3) is 0.320. The highest BCUT2D eigenvalue weighted by molar-refractivity contribution is 6.30. The second-order valence-electron chi connectivity index (χ2n) is 8.42. The smallest absolute Gasteiger partial charge is 0.225 e. The van der Waals surface area contributed by atoms with Crippen molar-refractivity contribution >= 4 is 29.0 Å². The Bertz CT molecular complexity index is 1110. The molecule has 5 rings (SSSR count). The van der Waals surface area contributed by atoms with E-state index in [4.69, 9.17) is 16.6 Å². The number of fused-ring (bicyclic) bond motifs is 1. The van der Waals surface area contributed by atoms with E-state index in [2.05, 4.69) is 52.0 Å². The minimum atomic E-state index is 0.143. The first-order valence-corrected chi connectivity index (χ1v) is 11.2. The molecule has 2 heterocycles. The van der Waals surface area contributed by atoms with E-state index in [-0.39, 0.29) is 11.7 Å². The minimum absolute atomic E-state index is 0.143. The molecule has 0 bridgehead atoms. The summed E-state index contributed by atoms with van der Waals surface area (Å²) in [5.74, 6) is 1.05. The van der Waals surface area contributed by atoms with Crippen LogP contribution < -0.4 is 9.80 Å². The highest BCUT2D eigenvalue weighted by Gasteiger charge is 2.29. The summed E-state index contributed by atoms with van der Waals surface area (Å²) in [5, 5.41) is 0.755. The predicted octanol–water partition coefficient (Wildman–Crippen LogP) is 4.68. The van der Waals surface area contributed by atoms with Crippen LogP contribution in [0, 0.1) is 6.92 Å². The number of aryl methyl sites for hydroxylation is 1. The Morgan fingerprint density at radius 2 is 1.71 bits per heavy atom. The van der Waals surface area contributed by atoms with Crippen molar-refractivity contribution in [3.8, 4) is 0 Å². The number of rotatable bonds is 3. The Balaban J connectivity index is 1.32. The van der Waals surface area contributed by atoms with E-state index < -0.39 is 0 Å². The van der Waals surface area contributed by atoms with Gasteiger partial charge in [-0.15, -0.1) is 0 Å². The summed E-state index contributed by atoms with van der Waals surface area (Å²) in [6, 6.07) is 16.5. The van der Waals surface area contributed by atoms with E-state index in [1.165, 1.54) is 11.1 Å². The molecule has 0 unspecified atom stereocenters. The third-order valence-electron chi connectivity index (χ3n) is 6.31. The van der Waals surface area contributed by atoms with Crippen LogP contribution in [0.5, 0.6) is 0 Å². The molecule has 1 aromatic heterocycles. The molecule has 3 aromatic rings. The van der Waals surface area contributed by atoms with E-state index in [0.717, 1.165) is 55.0 Å². The zero-order valence-corrected chi connectivity index (χ0v) is 18.3. The van der Waals surface area contributed by atoms with Crippen molar-refractivity contribution in [2.45, 2.75) is 25.7 Å². The van der Waals surface area contributed by atoms with Crippen LogP contribution in [-0.4, -0.2) is 41.9 Å². The molecule has 2 aromatic carbocycles. The van der Waals surface area contributed by atoms with Crippen molar-refractivity contribution < 1.29 is 4.79 Å². The molecule has 5 nitrogen and oxygen atoms in total. The second-order valence-corrected chi connectivity index (χ2v) is 8.86. The van der Waals surface area contributed by atoms with Gasteiger partial charge in [-0.25, -0.2) is 9.97 Å². The molecule has 0 spiro atoms. The fourth-order valence-electron chi connectivity index (χ4n) is 4.50. The Labute approximate surface area is 187 Å². The predicted molar refractivity (Wildman–Crippen MR) is 124 cm³/mol. The van der Waals surface area contributed by atoms with Crippen LogP contribution in [0.25, 0.3) is 0 Å². The second kappa shape index (κ2) is 8.31. The fourth-order valence-corrected chi connectivity index (χ4v) is 4.68. The molecule has 0 N–H and O–H groups in total. The first kappa shape index (κ1) is 20.0. The Morgan fingerprint density at radius 3 is 2.45 bits per heavy atom. The average Bonchev–Trinajstić information content (AvgIpc) is 2.79. The van der Waals surface area contributed by atoms with Gasteiger partial charge in [0.15, 0.2) is 5.78 Å². The molecule has 158 valence electrons. The Morgan fingerprint density at radius 1 is 0.968 bits per heavy atom. The topological polar surface area (TPSA) is 49.3 Å². The summed E-state index contributed by atoms with van der Waals surface area (Å²) < 4.78 is 0. The zero-order chi connectivity index (χ0) is 21.4. The highest BCUT2D eigenvalue weighted by atomic mass is 35.5. The van der Waals surface area contributed by atoms with Gasteiger partial charge in [-0.3, -0.25) is 4.79 Å². The standard InChI is InChI=1S/C25H25ClN4O/c1-17-5-7-18(8-6-17)19-13-23-22(24(31)14-19)16-27-25(28-23)30-11-9-29(10-12-30)21-4-2-3-20(26)15-21/h2-8,15-16,19H,9-14H2,1H3/t19-/m1/s1. The van der Waals surface area contributed by atoms with Crippen molar-refractivity contribution in [1.82, 2.24) is 9.97 Å². The third kappa shape index (κ3) is 4.15. The normalized spacial score (nSPS) is 18.8. The maximum Gasteiger partial charge on any atom is 0.225 e. The molecule has 1 saturated heterocycles. The van der Waals surface area contributed by atoms with Crippen LogP contribution in [0.3, 0.4) is 0 Å². The number of aromatic nitrogens is 2. The largest absolute Gasteiger partial charge is 0.368 e. The quantitative estimate of drug-likeness (QED) is 0.601. The zero-order valence-electron chi connectivity index (χ0n) is 17.6. The van der Waals surface area contributed by atoms with Gasteiger partial charge in [-0.1, -0.05) is 47.5 Å². The van der Waals surface area contributed by atoms with E-state index in [0.29, 0.717) is 12.0 Å². The summed E-state index contributed by atoms with van der Waals surface area (Å²) in [7, 11) is 0. The van der Waals surface area contributed by atoms with Gasteiger partial charge in [0.25, 0.3) is 0 Å². The third-order valence-corrected chi connectivity index (χ3v) is 6.55. The van der Waals surface area contributed by atoms with Crippen LogP contribution in [0.4, 0.5) is 11.6 Å². The van der Waals surface area contributed by atoms with Gasteiger partial charge in [-0.05, 0) is 43.0 Å².